The van der Waals surface area contributed by atoms with Crippen LogP contribution in [0.1, 0.15) is 27.2 Å². The molecule has 1 amide bonds. The maximum Gasteiger partial charge on any atom is 0.239 e. The molecule has 1 aliphatic rings. The molecule has 1 fully saturated rings. The number of carbonyl (C=O) groups excluding carboxylic acids is 1. The summed E-state index contributed by atoms with van der Waals surface area (Å²) in [6, 6.07) is -0.342. The fourth-order valence-corrected chi connectivity index (χ4v) is 1.82. The van der Waals surface area contributed by atoms with E-state index in [-0.39, 0.29) is 11.9 Å². The Labute approximate surface area is 80.3 Å². The van der Waals surface area contributed by atoms with Gasteiger partial charge in [0.25, 0.3) is 0 Å². The van der Waals surface area contributed by atoms with Crippen molar-refractivity contribution in [2.24, 2.45) is 17.6 Å². The van der Waals surface area contributed by atoms with Crippen LogP contribution in [-0.2, 0) is 4.79 Å². The molecule has 2 atom stereocenters. The monoisotopic (exact) mass is 184 g/mol. The zero-order chi connectivity index (χ0) is 10.0. The molecule has 0 bridgehead atoms. The first kappa shape index (κ1) is 10.5. The fraction of sp³-hybridized carbons (Fsp3) is 0.900. The van der Waals surface area contributed by atoms with Crippen LogP contribution in [0.15, 0.2) is 0 Å². The van der Waals surface area contributed by atoms with E-state index < -0.39 is 0 Å². The fourth-order valence-electron chi connectivity index (χ4n) is 1.82. The van der Waals surface area contributed by atoms with Crippen LogP contribution in [0.3, 0.4) is 0 Å². The van der Waals surface area contributed by atoms with Crippen molar-refractivity contribution in [1.82, 2.24) is 4.90 Å². The summed E-state index contributed by atoms with van der Waals surface area (Å²) in [5, 5.41) is 0. The van der Waals surface area contributed by atoms with Gasteiger partial charge in [-0.25, -0.2) is 0 Å². The van der Waals surface area contributed by atoms with Crippen LogP contribution in [0.4, 0.5) is 0 Å². The van der Waals surface area contributed by atoms with Crippen LogP contribution in [0.25, 0.3) is 0 Å². The van der Waals surface area contributed by atoms with Crippen LogP contribution in [0.2, 0.25) is 0 Å². The number of likely N-dealkylation sites (tertiary alicyclic amines) is 1. The largest absolute Gasteiger partial charge is 0.341 e. The number of rotatable bonds is 2. The molecule has 1 unspecified atom stereocenters. The van der Waals surface area contributed by atoms with Crippen molar-refractivity contribution in [2.45, 2.75) is 33.2 Å². The topological polar surface area (TPSA) is 46.3 Å². The van der Waals surface area contributed by atoms with Crippen LogP contribution in [-0.4, -0.2) is 29.9 Å². The predicted octanol–water partition coefficient (Wildman–Crippen LogP) is 0.838. The van der Waals surface area contributed by atoms with Crippen molar-refractivity contribution in [2.75, 3.05) is 13.1 Å². The Hall–Kier alpha value is -0.570. The molecule has 0 aliphatic carbocycles. The lowest BCUT2D eigenvalue weighted by atomic mass is 9.95. The van der Waals surface area contributed by atoms with Crippen LogP contribution in [0, 0.1) is 11.8 Å². The first-order valence-corrected chi connectivity index (χ1v) is 5.06. The van der Waals surface area contributed by atoms with E-state index in [2.05, 4.69) is 13.8 Å². The van der Waals surface area contributed by atoms with Gasteiger partial charge in [-0.05, 0) is 25.2 Å². The van der Waals surface area contributed by atoms with Crippen molar-refractivity contribution in [3.8, 4) is 0 Å². The highest BCUT2D eigenvalue weighted by atomic mass is 16.2. The Morgan fingerprint density at radius 3 is 2.46 bits per heavy atom. The van der Waals surface area contributed by atoms with Crippen LogP contribution >= 0.6 is 0 Å². The maximum absolute atomic E-state index is 11.5. The van der Waals surface area contributed by atoms with Gasteiger partial charge in [0.1, 0.15) is 0 Å². The molecule has 0 saturated carbocycles. The molecule has 13 heavy (non-hydrogen) atoms. The number of amides is 1. The second-order valence-corrected chi connectivity index (χ2v) is 4.37. The Morgan fingerprint density at radius 2 is 2.08 bits per heavy atom. The van der Waals surface area contributed by atoms with Gasteiger partial charge in [0.15, 0.2) is 0 Å². The molecule has 0 aromatic heterocycles. The van der Waals surface area contributed by atoms with Gasteiger partial charge in [0, 0.05) is 13.1 Å². The average Bonchev–Trinajstić information content (AvgIpc) is 2.50. The smallest absolute Gasteiger partial charge is 0.239 e. The summed E-state index contributed by atoms with van der Waals surface area (Å²) >= 11 is 0. The van der Waals surface area contributed by atoms with Crippen molar-refractivity contribution >= 4 is 5.91 Å². The Bertz CT molecular complexity index is 189. The summed E-state index contributed by atoms with van der Waals surface area (Å²) in [5.41, 5.74) is 5.55. The maximum atomic E-state index is 11.5. The van der Waals surface area contributed by atoms with E-state index in [0.717, 1.165) is 19.5 Å². The first-order chi connectivity index (χ1) is 6.02. The summed E-state index contributed by atoms with van der Waals surface area (Å²) in [4.78, 5) is 13.4. The summed E-state index contributed by atoms with van der Waals surface area (Å²) < 4.78 is 0. The van der Waals surface area contributed by atoms with Gasteiger partial charge in [-0.15, -0.1) is 0 Å². The molecular formula is C10H20N2O. The van der Waals surface area contributed by atoms with Crippen LogP contribution < -0.4 is 5.73 Å². The van der Waals surface area contributed by atoms with Gasteiger partial charge in [0.2, 0.25) is 5.91 Å². The molecule has 2 N–H and O–H groups in total. The summed E-state index contributed by atoms with van der Waals surface area (Å²) in [5.74, 6) is 1.44. The summed E-state index contributed by atoms with van der Waals surface area (Å²) in [6.07, 6.45) is 1.14. The molecule has 3 heteroatoms. The SMILES string of the molecule is CC(C)C1CCN(C(=O)[C@H](C)N)C1. The van der Waals surface area contributed by atoms with Gasteiger partial charge in [-0.2, -0.15) is 0 Å². The van der Waals surface area contributed by atoms with Gasteiger partial charge in [-0.3, -0.25) is 4.79 Å². The number of nitrogens with two attached hydrogens (primary N) is 1. The van der Waals surface area contributed by atoms with Crippen molar-refractivity contribution in [3.05, 3.63) is 0 Å². The third kappa shape index (κ3) is 2.44. The zero-order valence-electron chi connectivity index (χ0n) is 8.79. The first-order valence-electron chi connectivity index (χ1n) is 5.06. The molecule has 76 valence electrons. The average molecular weight is 184 g/mol. The normalized spacial score (nSPS) is 25.3. The Kier molecular flexibility index (Phi) is 3.31. The number of hydrogen-bond acceptors (Lipinski definition) is 2. The number of carbonyl (C=O) groups is 1. The minimum atomic E-state index is -0.342. The lowest BCUT2D eigenvalue weighted by Crippen LogP contribution is -2.40. The second-order valence-electron chi connectivity index (χ2n) is 4.37. The highest BCUT2D eigenvalue weighted by molar-refractivity contribution is 5.81. The highest BCUT2D eigenvalue weighted by Gasteiger charge is 2.28. The lowest BCUT2D eigenvalue weighted by Gasteiger charge is -2.19. The van der Waals surface area contributed by atoms with Gasteiger partial charge in [0.05, 0.1) is 6.04 Å². The quantitative estimate of drug-likeness (QED) is 0.691. The standard InChI is InChI=1S/C10H20N2O/c1-7(2)9-4-5-12(6-9)10(13)8(3)11/h7-9H,4-6,11H2,1-3H3/t8-,9?/m0/s1. The van der Waals surface area contributed by atoms with Gasteiger partial charge >= 0.3 is 0 Å². The molecule has 0 aromatic carbocycles. The van der Waals surface area contributed by atoms with E-state index in [0.29, 0.717) is 11.8 Å². The number of nitrogens with zero attached hydrogens (tertiary/aromatic N) is 1. The molecule has 1 rings (SSSR count). The lowest BCUT2D eigenvalue weighted by molar-refractivity contribution is -0.131. The minimum absolute atomic E-state index is 0.100. The molecule has 3 nitrogen and oxygen atoms in total. The minimum Gasteiger partial charge on any atom is -0.341 e. The van der Waals surface area contributed by atoms with E-state index in [1.54, 1.807) is 6.92 Å². The molecule has 1 heterocycles. The third-order valence-electron chi connectivity index (χ3n) is 2.87. The Morgan fingerprint density at radius 1 is 1.46 bits per heavy atom. The second kappa shape index (κ2) is 4.09. The molecule has 1 saturated heterocycles. The summed E-state index contributed by atoms with van der Waals surface area (Å²) in [7, 11) is 0. The van der Waals surface area contributed by atoms with E-state index in [1.807, 2.05) is 4.90 Å². The van der Waals surface area contributed by atoms with Crippen molar-refractivity contribution in [1.29, 1.82) is 0 Å². The van der Waals surface area contributed by atoms with Gasteiger partial charge < -0.3 is 10.6 Å². The Balaban J connectivity index is 2.45. The van der Waals surface area contributed by atoms with E-state index in [1.165, 1.54) is 0 Å². The van der Waals surface area contributed by atoms with Gasteiger partial charge in [-0.1, -0.05) is 13.8 Å². The molecule has 0 spiro atoms. The number of hydrogen-bond donors (Lipinski definition) is 1. The van der Waals surface area contributed by atoms with Crippen molar-refractivity contribution in [3.63, 3.8) is 0 Å². The summed E-state index contributed by atoms with van der Waals surface area (Å²) in [6.45, 7) is 7.97. The van der Waals surface area contributed by atoms with Crippen molar-refractivity contribution < 1.29 is 4.79 Å². The molecule has 0 radical (unpaired) electrons. The van der Waals surface area contributed by atoms with E-state index in [9.17, 15) is 4.79 Å². The third-order valence-corrected chi connectivity index (χ3v) is 2.87. The highest BCUT2D eigenvalue weighted by Crippen LogP contribution is 2.23. The van der Waals surface area contributed by atoms with Crippen LogP contribution in [0.5, 0.6) is 0 Å². The zero-order valence-corrected chi connectivity index (χ0v) is 8.79. The molecular weight excluding hydrogens is 164 g/mol. The molecule has 0 aromatic rings. The van der Waals surface area contributed by atoms with E-state index in [4.69, 9.17) is 5.73 Å². The predicted molar refractivity (Wildman–Crippen MR) is 53.2 cm³/mol. The molecule has 1 aliphatic heterocycles. The van der Waals surface area contributed by atoms with E-state index >= 15 is 0 Å².